The first kappa shape index (κ1) is 18.3. The summed E-state index contributed by atoms with van der Waals surface area (Å²) in [5.41, 5.74) is 0.134. The first-order valence-electron chi connectivity index (χ1n) is 7.84. The number of carbonyl (C=O) groups excluding carboxylic acids is 2. The Balaban J connectivity index is 1.74. The van der Waals surface area contributed by atoms with Gasteiger partial charge >= 0.3 is 0 Å². The number of rotatable bonds is 5. The SMILES string of the molecule is C[C@H]1C[NH+](CC(=O)NCC(=O)Nc2ccc(F)c(F)c2)C[C@H](C)O1. The van der Waals surface area contributed by atoms with Crippen LogP contribution in [0.15, 0.2) is 18.2 Å². The minimum atomic E-state index is -1.05. The van der Waals surface area contributed by atoms with Crippen LogP contribution < -0.4 is 15.5 Å². The quantitative estimate of drug-likeness (QED) is 0.689. The smallest absolute Gasteiger partial charge is 0.275 e. The summed E-state index contributed by atoms with van der Waals surface area (Å²) in [4.78, 5) is 24.8. The fourth-order valence-electron chi connectivity index (χ4n) is 2.78. The van der Waals surface area contributed by atoms with Gasteiger partial charge in [-0.1, -0.05) is 0 Å². The van der Waals surface area contributed by atoms with Crippen molar-refractivity contribution in [3.05, 3.63) is 29.8 Å². The summed E-state index contributed by atoms with van der Waals surface area (Å²) in [6, 6.07) is 3.06. The Kier molecular flexibility index (Phi) is 6.22. The van der Waals surface area contributed by atoms with E-state index in [4.69, 9.17) is 4.74 Å². The molecule has 0 saturated carbocycles. The lowest BCUT2D eigenvalue weighted by atomic mass is 10.2. The number of benzene rings is 1. The molecule has 1 aliphatic rings. The first-order chi connectivity index (χ1) is 11.3. The zero-order valence-corrected chi connectivity index (χ0v) is 13.7. The molecule has 2 amide bonds. The van der Waals surface area contributed by atoms with E-state index in [1.54, 1.807) is 0 Å². The lowest BCUT2D eigenvalue weighted by molar-refractivity contribution is -0.907. The minimum absolute atomic E-state index is 0.0909. The second-order valence-electron chi connectivity index (χ2n) is 6.05. The van der Waals surface area contributed by atoms with Crippen molar-refractivity contribution in [1.29, 1.82) is 0 Å². The van der Waals surface area contributed by atoms with Gasteiger partial charge in [-0.25, -0.2) is 8.78 Å². The summed E-state index contributed by atoms with van der Waals surface area (Å²) >= 11 is 0. The van der Waals surface area contributed by atoms with Gasteiger partial charge in [0.1, 0.15) is 25.3 Å². The van der Waals surface area contributed by atoms with Gasteiger partial charge in [-0.3, -0.25) is 9.59 Å². The van der Waals surface area contributed by atoms with Gasteiger partial charge in [0.15, 0.2) is 18.2 Å². The van der Waals surface area contributed by atoms with Crippen LogP contribution in [0.25, 0.3) is 0 Å². The normalized spacial score (nSPS) is 23.6. The number of ether oxygens (including phenoxy) is 1. The molecule has 0 unspecified atom stereocenters. The van der Waals surface area contributed by atoms with E-state index < -0.39 is 17.5 Å². The minimum Gasteiger partial charge on any atom is -0.364 e. The third-order valence-corrected chi connectivity index (χ3v) is 3.68. The van der Waals surface area contributed by atoms with Crippen LogP contribution in [-0.2, 0) is 14.3 Å². The molecule has 24 heavy (non-hydrogen) atoms. The predicted octanol–water partition coefficient (Wildman–Crippen LogP) is -0.288. The molecule has 2 rings (SSSR count). The van der Waals surface area contributed by atoms with Gasteiger partial charge in [-0.15, -0.1) is 0 Å². The van der Waals surface area contributed by atoms with Gasteiger partial charge in [0.2, 0.25) is 5.91 Å². The van der Waals surface area contributed by atoms with E-state index in [0.717, 1.165) is 30.1 Å². The van der Waals surface area contributed by atoms with Crippen LogP contribution in [0.3, 0.4) is 0 Å². The van der Waals surface area contributed by atoms with Crippen LogP contribution >= 0.6 is 0 Å². The van der Waals surface area contributed by atoms with Crippen LogP contribution in [0.1, 0.15) is 13.8 Å². The number of morpholine rings is 1. The van der Waals surface area contributed by atoms with Gasteiger partial charge in [0.25, 0.3) is 5.91 Å². The van der Waals surface area contributed by atoms with Crippen molar-refractivity contribution in [2.75, 3.05) is 31.5 Å². The summed E-state index contributed by atoms with van der Waals surface area (Å²) < 4.78 is 31.5. The van der Waals surface area contributed by atoms with Gasteiger partial charge < -0.3 is 20.3 Å². The molecule has 0 bridgehead atoms. The summed E-state index contributed by atoms with van der Waals surface area (Å²) in [7, 11) is 0. The number of amides is 2. The molecule has 0 aromatic heterocycles. The van der Waals surface area contributed by atoms with Crippen molar-refractivity contribution in [2.45, 2.75) is 26.1 Å². The molecule has 1 aromatic rings. The van der Waals surface area contributed by atoms with Crippen molar-refractivity contribution in [2.24, 2.45) is 0 Å². The molecule has 1 saturated heterocycles. The van der Waals surface area contributed by atoms with Crippen LogP contribution in [0.4, 0.5) is 14.5 Å². The molecule has 1 aliphatic heterocycles. The van der Waals surface area contributed by atoms with Crippen molar-refractivity contribution < 1.29 is 28.0 Å². The van der Waals surface area contributed by atoms with Crippen LogP contribution in [0.5, 0.6) is 0 Å². The highest BCUT2D eigenvalue weighted by Crippen LogP contribution is 2.12. The maximum Gasteiger partial charge on any atom is 0.275 e. The zero-order chi connectivity index (χ0) is 17.7. The molecule has 0 radical (unpaired) electrons. The van der Waals surface area contributed by atoms with Gasteiger partial charge in [-0.05, 0) is 26.0 Å². The highest BCUT2D eigenvalue weighted by molar-refractivity contribution is 5.94. The van der Waals surface area contributed by atoms with E-state index in [2.05, 4.69) is 10.6 Å². The average Bonchev–Trinajstić information content (AvgIpc) is 2.48. The summed E-state index contributed by atoms with van der Waals surface area (Å²) in [6.45, 7) is 5.42. The monoisotopic (exact) mass is 342 g/mol. The number of hydrogen-bond donors (Lipinski definition) is 3. The number of halogens is 2. The van der Waals surface area contributed by atoms with Crippen LogP contribution in [0, 0.1) is 11.6 Å². The van der Waals surface area contributed by atoms with Crippen molar-refractivity contribution in [3.8, 4) is 0 Å². The van der Waals surface area contributed by atoms with E-state index in [9.17, 15) is 18.4 Å². The fourth-order valence-corrected chi connectivity index (χ4v) is 2.78. The molecular formula is C16H22F2N3O3+. The Morgan fingerprint density at radius 1 is 1.17 bits per heavy atom. The van der Waals surface area contributed by atoms with Crippen LogP contribution in [-0.4, -0.2) is 50.2 Å². The summed E-state index contributed by atoms with van der Waals surface area (Å²) in [5.74, 6) is -2.78. The van der Waals surface area contributed by atoms with Crippen molar-refractivity contribution in [3.63, 3.8) is 0 Å². The topological polar surface area (TPSA) is 71.9 Å². The third kappa shape index (κ3) is 5.54. The largest absolute Gasteiger partial charge is 0.364 e. The van der Waals surface area contributed by atoms with E-state index >= 15 is 0 Å². The highest BCUT2D eigenvalue weighted by Gasteiger charge is 2.27. The standard InChI is InChI=1S/C16H21F2N3O3/c1-10-7-21(8-11(2)24-10)9-16(23)19-6-15(22)20-12-3-4-13(17)14(18)5-12/h3-5,10-11H,6-9H2,1-2H3,(H,19,23)(H,20,22)/p+1/t10-,11-/m0/s1. The van der Waals surface area contributed by atoms with E-state index in [1.165, 1.54) is 6.07 Å². The summed E-state index contributed by atoms with van der Waals surface area (Å²) in [5, 5.41) is 4.92. The second-order valence-corrected chi connectivity index (χ2v) is 6.05. The maximum atomic E-state index is 13.1. The van der Waals surface area contributed by atoms with E-state index in [-0.39, 0.29) is 36.9 Å². The van der Waals surface area contributed by atoms with E-state index in [0.29, 0.717) is 0 Å². The molecule has 1 fully saturated rings. The molecule has 0 spiro atoms. The van der Waals surface area contributed by atoms with E-state index in [1.807, 2.05) is 13.8 Å². The third-order valence-electron chi connectivity index (χ3n) is 3.68. The lowest BCUT2D eigenvalue weighted by Crippen LogP contribution is -3.16. The fraction of sp³-hybridized carbons (Fsp3) is 0.500. The average molecular weight is 342 g/mol. The molecule has 0 aliphatic carbocycles. The maximum absolute atomic E-state index is 13.1. The second kappa shape index (κ2) is 8.16. The zero-order valence-electron chi connectivity index (χ0n) is 13.7. The van der Waals surface area contributed by atoms with Gasteiger partial charge in [0, 0.05) is 11.8 Å². The molecule has 1 aromatic carbocycles. The lowest BCUT2D eigenvalue weighted by Gasteiger charge is -2.31. The van der Waals surface area contributed by atoms with Crippen molar-refractivity contribution >= 4 is 17.5 Å². The Bertz CT molecular complexity index is 602. The van der Waals surface area contributed by atoms with Crippen molar-refractivity contribution in [1.82, 2.24) is 5.32 Å². The van der Waals surface area contributed by atoms with Crippen LogP contribution in [0.2, 0.25) is 0 Å². The highest BCUT2D eigenvalue weighted by atomic mass is 19.2. The Morgan fingerprint density at radius 2 is 1.83 bits per heavy atom. The molecule has 6 nitrogen and oxygen atoms in total. The number of nitrogens with one attached hydrogen (secondary N) is 3. The van der Waals surface area contributed by atoms with Gasteiger partial charge in [0.05, 0.1) is 6.54 Å². The number of hydrogen-bond acceptors (Lipinski definition) is 3. The molecule has 1 heterocycles. The number of quaternary nitrogens is 1. The molecule has 2 atom stereocenters. The Morgan fingerprint density at radius 3 is 2.46 bits per heavy atom. The predicted molar refractivity (Wildman–Crippen MR) is 83.6 cm³/mol. The number of carbonyl (C=O) groups is 2. The summed E-state index contributed by atoms with van der Waals surface area (Å²) in [6.07, 6.45) is 0.182. The molecular weight excluding hydrogens is 320 g/mol. The van der Waals surface area contributed by atoms with Gasteiger partial charge in [-0.2, -0.15) is 0 Å². The first-order valence-corrected chi connectivity index (χ1v) is 7.84. The Hall–Kier alpha value is -2.06. The molecule has 8 heteroatoms. The number of anilines is 1. The molecule has 3 N–H and O–H groups in total. The Labute approximate surface area is 139 Å². The molecule has 132 valence electrons.